The summed E-state index contributed by atoms with van der Waals surface area (Å²) in [5.74, 6) is 1.48. The van der Waals surface area contributed by atoms with Gasteiger partial charge in [-0.25, -0.2) is 0 Å². The molecule has 2 rings (SSSR count). The first-order chi connectivity index (χ1) is 16.5. The van der Waals surface area contributed by atoms with Gasteiger partial charge in [-0.05, 0) is 25.2 Å². The molecule has 2 heterocycles. The van der Waals surface area contributed by atoms with Gasteiger partial charge in [0.15, 0.2) is 0 Å². The van der Waals surface area contributed by atoms with E-state index >= 15 is 0 Å². The lowest BCUT2D eigenvalue weighted by Crippen LogP contribution is -2.30. The molecule has 0 radical (unpaired) electrons. The van der Waals surface area contributed by atoms with Crippen molar-refractivity contribution in [3.8, 4) is 0 Å². The quantitative estimate of drug-likeness (QED) is 0.430. The van der Waals surface area contributed by atoms with E-state index in [1.54, 1.807) is 0 Å². The predicted molar refractivity (Wildman–Crippen MR) is 148 cm³/mol. The van der Waals surface area contributed by atoms with Gasteiger partial charge in [-0.2, -0.15) is 0 Å². The summed E-state index contributed by atoms with van der Waals surface area (Å²) in [5, 5.41) is 11.0. The Labute approximate surface area is 216 Å². The Morgan fingerprint density at radius 1 is 0.743 bits per heavy atom. The summed E-state index contributed by atoms with van der Waals surface area (Å²) < 4.78 is 0. The van der Waals surface area contributed by atoms with Crippen molar-refractivity contribution in [3.05, 3.63) is 0 Å². The zero-order chi connectivity index (χ0) is 28.2. The third kappa shape index (κ3) is 34.1. The summed E-state index contributed by atoms with van der Waals surface area (Å²) in [6.45, 7) is 25.2. The van der Waals surface area contributed by atoms with Crippen LogP contribution in [0, 0.1) is 17.8 Å². The van der Waals surface area contributed by atoms with Gasteiger partial charge in [0.1, 0.15) is 0 Å². The monoisotopic (exact) mass is 502 g/mol. The summed E-state index contributed by atoms with van der Waals surface area (Å²) in [6, 6.07) is 0. The molecule has 2 aliphatic heterocycles. The van der Waals surface area contributed by atoms with Crippen molar-refractivity contribution in [2.45, 2.75) is 108 Å². The maximum atomic E-state index is 10.9. The van der Waals surface area contributed by atoms with Gasteiger partial charge in [0.05, 0.1) is 0 Å². The third-order valence-corrected chi connectivity index (χ3v) is 4.09. The van der Waals surface area contributed by atoms with Crippen molar-refractivity contribution in [1.82, 2.24) is 21.3 Å². The van der Waals surface area contributed by atoms with Crippen molar-refractivity contribution in [3.63, 3.8) is 0 Å². The summed E-state index contributed by atoms with van der Waals surface area (Å²) >= 11 is 0. The molecular weight excluding hydrogens is 444 g/mol. The van der Waals surface area contributed by atoms with E-state index in [9.17, 15) is 19.2 Å². The first kappa shape index (κ1) is 40.1. The molecule has 35 heavy (non-hydrogen) atoms. The average molecular weight is 503 g/mol. The second kappa shape index (κ2) is 29.9. The van der Waals surface area contributed by atoms with Crippen LogP contribution in [0.15, 0.2) is 0 Å². The van der Waals surface area contributed by atoms with Gasteiger partial charge in [-0.1, -0.05) is 76.2 Å². The van der Waals surface area contributed by atoms with Gasteiger partial charge in [-0.3, -0.25) is 19.2 Å². The molecule has 4 N–H and O–H groups in total. The highest BCUT2D eigenvalue weighted by atomic mass is 16.2. The lowest BCUT2D eigenvalue weighted by Gasteiger charge is -2.08. The van der Waals surface area contributed by atoms with Crippen LogP contribution in [0.5, 0.6) is 0 Å². The van der Waals surface area contributed by atoms with Crippen LogP contribution in [0.3, 0.4) is 0 Å². The zero-order valence-electron chi connectivity index (χ0n) is 24.7. The predicted octanol–water partition coefficient (Wildman–Crippen LogP) is 4.43. The molecule has 0 aromatic heterocycles. The highest BCUT2D eigenvalue weighted by Gasteiger charge is 2.07. The molecule has 2 aliphatic rings. The van der Waals surface area contributed by atoms with Crippen molar-refractivity contribution in [2.75, 3.05) is 26.2 Å². The Kier molecular flexibility index (Phi) is 34.2. The number of hydrogen-bond acceptors (Lipinski definition) is 4. The average Bonchev–Trinajstić information content (AvgIpc) is 3.52. The normalized spacial score (nSPS) is 13.1. The van der Waals surface area contributed by atoms with Gasteiger partial charge in [0.2, 0.25) is 23.6 Å². The standard InChI is InChI=1S/C8H17NO.C7H15NO.2C4H7NO.2C2H6/c1-6(2)5-9-8(10)7(3)4;1-4-5-8-7(9)6(2)3;2*6-4-2-1-3-5-4;2*1-2/h6-7H,5H2,1-4H3,(H,9,10);6H,4-5H2,1-3H3,(H,8,9);2*1-3H2,(H,5,6);2*1-2H3. The maximum absolute atomic E-state index is 10.9. The van der Waals surface area contributed by atoms with Gasteiger partial charge in [-0.15, -0.1) is 0 Å². The molecule has 210 valence electrons. The van der Waals surface area contributed by atoms with Crippen molar-refractivity contribution in [1.29, 1.82) is 0 Å². The van der Waals surface area contributed by atoms with Crippen LogP contribution in [0.4, 0.5) is 0 Å². The molecule has 8 heteroatoms. The summed E-state index contributed by atoms with van der Waals surface area (Å²) in [4.78, 5) is 42.0. The number of carbonyl (C=O) groups is 4. The third-order valence-electron chi connectivity index (χ3n) is 4.09. The van der Waals surface area contributed by atoms with Crippen molar-refractivity contribution >= 4 is 23.6 Å². The number of amides is 4. The SMILES string of the molecule is CC.CC.CC(C)CNC(=O)C(C)C.CCCNC(=O)C(C)C.O=C1CCCN1.O=C1CCCN1. The molecule has 0 aliphatic carbocycles. The first-order valence-electron chi connectivity index (χ1n) is 13.6. The molecule has 0 unspecified atom stereocenters. The Morgan fingerprint density at radius 3 is 1.31 bits per heavy atom. The van der Waals surface area contributed by atoms with Gasteiger partial charge >= 0.3 is 0 Å². The Hall–Kier alpha value is -2.12. The van der Waals surface area contributed by atoms with E-state index < -0.39 is 0 Å². The van der Waals surface area contributed by atoms with E-state index in [1.165, 1.54) is 0 Å². The number of carbonyl (C=O) groups excluding carboxylic acids is 4. The van der Waals surface area contributed by atoms with Crippen LogP contribution < -0.4 is 21.3 Å². The Bertz CT molecular complexity index is 485. The minimum Gasteiger partial charge on any atom is -0.356 e. The van der Waals surface area contributed by atoms with E-state index in [2.05, 4.69) is 35.1 Å². The molecule has 0 aromatic rings. The molecule has 8 nitrogen and oxygen atoms in total. The zero-order valence-corrected chi connectivity index (χ0v) is 24.7. The molecule has 0 bridgehead atoms. The molecular formula is C27H58N4O4. The second-order valence-electron chi connectivity index (χ2n) is 8.65. The van der Waals surface area contributed by atoms with Crippen LogP contribution in [-0.4, -0.2) is 49.8 Å². The highest BCUT2D eigenvalue weighted by Crippen LogP contribution is 1.94. The fraction of sp³-hybridized carbons (Fsp3) is 0.852. The fourth-order valence-corrected chi connectivity index (χ4v) is 2.09. The largest absolute Gasteiger partial charge is 0.356 e. The molecule has 2 fully saturated rings. The van der Waals surface area contributed by atoms with Crippen molar-refractivity contribution < 1.29 is 19.2 Å². The first-order valence-corrected chi connectivity index (χ1v) is 13.6. The molecule has 2 saturated heterocycles. The lowest BCUT2D eigenvalue weighted by atomic mass is 10.2. The molecule has 0 spiro atoms. The van der Waals surface area contributed by atoms with Crippen LogP contribution in [0.25, 0.3) is 0 Å². The lowest BCUT2D eigenvalue weighted by molar-refractivity contribution is -0.124. The van der Waals surface area contributed by atoms with Gasteiger partial charge in [0.25, 0.3) is 0 Å². The smallest absolute Gasteiger partial charge is 0.222 e. The molecule has 4 amide bonds. The molecule has 0 saturated carbocycles. The molecule has 0 atom stereocenters. The van der Waals surface area contributed by atoms with Crippen LogP contribution in [0.2, 0.25) is 0 Å². The van der Waals surface area contributed by atoms with Gasteiger partial charge < -0.3 is 21.3 Å². The van der Waals surface area contributed by atoms with Crippen molar-refractivity contribution in [2.24, 2.45) is 17.8 Å². The Balaban J connectivity index is -0.000000177. The van der Waals surface area contributed by atoms with Crippen LogP contribution in [0.1, 0.15) is 108 Å². The minimum absolute atomic E-state index is 0.110. The second-order valence-corrected chi connectivity index (χ2v) is 8.65. The molecule has 0 aromatic carbocycles. The number of nitrogens with one attached hydrogen (secondary N) is 4. The van der Waals surface area contributed by atoms with E-state index in [0.717, 1.165) is 58.3 Å². The number of rotatable bonds is 6. The summed E-state index contributed by atoms with van der Waals surface area (Å²) in [5.41, 5.74) is 0. The van der Waals surface area contributed by atoms with E-state index in [1.807, 2.05) is 62.3 Å². The minimum atomic E-state index is 0.110. The highest BCUT2D eigenvalue weighted by molar-refractivity contribution is 5.78. The van der Waals surface area contributed by atoms with Crippen LogP contribution >= 0.6 is 0 Å². The van der Waals surface area contributed by atoms with Gasteiger partial charge in [0, 0.05) is 50.9 Å². The number of hydrogen-bond donors (Lipinski definition) is 4. The Morgan fingerprint density at radius 2 is 1.11 bits per heavy atom. The fourth-order valence-electron chi connectivity index (χ4n) is 2.09. The summed E-state index contributed by atoms with van der Waals surface area (Å²) in [6.07, 6.45) is 4.54. The summed E-state index contributed by atoms with van der Waals surface area (Å²) in [7, 11) is 0. The maximum Gasteiger partial charge on any atom is 0.222 e. The van der Waals surface area contributed by atoms with E-state index in [0.29, 0.717) is 5.92 Å². The topological polar surface area (TPSA) is 116 Å². The van der Waals surface area contributed by atoms with Crippen LogP contribution in [-0.2, 0) is 19.2 Å². The van der Waals surface area contributed by atoms with E-state index in [4.69, 9.17) is 0 Å². The van der Waals surface area contributed by atoms with E-state index in [-0.39, 0.29) is 35.5 Å².